The van der Waals surface area contributed by atoms with Gasteiger partial charge in [0.1, 0.15) is 11.5 Å². The molecular formula is C22H20N4O2. The van der Waals surface area contributed by atoms with Crippen LogP contribution in [0.2, 0.25) is 0 Å². The highest BCUT2D eigenvalue weighted by Crippen LogP contribution is 2.36. The standard InChI is InChI=1S/C22H20N4O2/c1-14-21(15(2)28-26-14)18-13-17(9-10-20(18)27-3)24-22-23-12-11-19(25-22)16-7-5-4-6-8-16/h4-13H,1-3H3,(H,23,24,25). The second-order valence-corrected chi connectivity index (χ2v) is 6.37. The molecule has 0 saturated heterocycles. The number of benzene rings is 2. The topological polar surface area (TPSA) is 73.1 Å². The lowest BCUT2D eigenvalue weighted by Crippen LogP contribution is -1.99. The van der Waals surface area contributed by atoms with Gasteiger partial charge in [-0.15, -0.1) is 0 Å². The van der Waals surface area contributed by atoms with Crippen molar-refractivity contribution in [1.82, 2.24) is 15.1 Å². The molecule has 6 heteroatoms. The van der Waals surface area contributed by atoms with Crippen LogP contribution in [0.25, 0.3) is 22.4 Å². The molecule has 0 aliphatic rings. The van der Waals surface area contributed by atoms with Crippen LogP contribution < -0.4 is 10.1 Å². The third-order valence-electron chi connectivity index (χ3n) is 4.48. The molecule has 2 aromatic heterocycles. The molecule has 4 aromatic rings. The van der Waals surface area contributed by atoms with Gasteiger partial charge in [-0.05, 0) is 38.1 Å². The van der Waals surface area contributed by atoms with Crippen molar-refractivity contribution in [3.05, 3.63) is 72.2 Å². The van der Waals surface area contributed by atoms with Gasteiger partial charge >= 0.3 is 0 Å². The summed E-state index contributed by atoms with van der Waals surface area (Å²) < 4.78 is 10.9. The van der Waals surface area contributed by atoms with Gasteiger partial charge in [-0.2, -0.15) is 0 Å². The van der Waals surface area contributed by atoms with Crippen LogP contribution >= 0.6 is 0 Å². The Morgan fingerprint density at radius 3 is 2.54 bits per heavy atom. The minimum atomic E-state index is 0.524. The monoisotopic (exact) mass is 372 g/mol. The van der Waals surface area contributed by atoms with Gasteiger partial charge in [-0.25, -0.2) is 9.97 Å². The predicted octanol–water partition coefficient (Wildman–Crippen LogP) is 5.17. The number of hydrogen-bond donors (Lipinski definition) is 1. The average molecular weight is 372 g/mol. The fourth-order valence-electron chi connectivity index (χ4n) is 3.17. The van der Waals surface area contributed by atoms with Crippen LogP contribution in [0, 0.1) is 13.8 Å². The van der Waals surface area contributed by atoms with E-state index in [2.05, 4.69) is 20.4 Å². The summed E-state index contributed by atoms with van der Waals surface area (Å²) in [6, 6.07) is 17.7. The van der Waals surface area contributed by atoms with E-state index in [4.69, 9.17) is 9.26 Å². The van der Waals surface area contributed by atoms with E-state index in [1.54, 1.807) is 13.3 Å². The van der Waals surface area contributed by atoms with Crippen LogP contribution in [-0.2, 0) is 0 Å². The molecule has 0 radical (unpaired) electrons. The Hall–Kier alpha value is -3.67. The number of rotatable bonds is 5. The molecule has 28 heavy (non-hydrogen) atoms. The number of methoxy groups -OCH3 is 1. The third-order valence-corrected chi connectivity index (χ3v) is 4.48. The first-order chi connectivity index (χ1) is 13.7. The molecule has 0 fully saturated rings. The summed E-state index contributed by atoms with van der Waals surface area (Å²) in [5, 5.41) is 7.33. The molecule has 0 spiro atoms. The summed E-state index contributed by atoms with van der Waals surface area (Å²) in [6.45, 7) is 3.80. The minimum absolute atomic E-state index is 0.524. The lowest BCUT2D eigenvalue weighted by molar-refractivity contribution is 0.393. The maximum atomic E-state index is 5.53. The molecular weight excluding hydrogens is 352 g/mol. The van der Waals surface area contributed by atoms with E-state index in [-0.39, 0.29) is 0 Å². The SMILES string of the molecule is COc1ccc(Nc2nccc(-c3ccccc3)n2)cc1-c1c(C)noc1C. The number of anilines is 2. The molecule has 0 amide bonds. The van der Waals surface area contributed by atoms with E-state index < -0.39 is 0 Å². The van der Waals surface area contributed by atoms with Crippen molar-refractivity contribution in [2.24, 2.45) is 0 Å². The van der Waals surface area contributed by atoms with Gasteiger partial charge in [0.25, 0.3) is 0 Å². The van der Waals surface area contributed by atoms with Gasteiger partial charge in [0.15, 0.2) is 0 Å². The average Bonchev–Trinajstić information content (AvgIpc) is 3.07. The molecule has 2 heterocycles. The Morgan fingerprint density at radius 2 is 1.82 bits per heavy atom. The number of hydrogen-bond acceptors (Lipinski definition) is 6. The molecule has 140 valence electrons. The quantitative estimate of drug-likeness (QED) is 0.521. The van der Waals surface area contributed by atoms with Gasteiger partial charge in [0.05, 0.1) is 24.1 Å². The van der Waals surface area contributed by atoms with Crippen LogP contribution in [0.3, 0.4) is 0 Å². The lowest BCUT2D eigenvalue weighted by Gasteiger charge is -2.12. The molecule has 0 saturated carbocycles. The Balaban J connectivity index is 1.69. The van der Waals surface area contributed by atoms with Crippen LogP contribution in [0.4, 0.5) is 11.6 Å². The van der Waals surface area contributed by atoms with Crippen molar-refractivity contribution in [3.8, 4) is 28.1 Å². The van der Waals surface area contributed by atoms with E-state index in [0.29, 0.717) is 5.95 Å². The minimum Gasteiger partial charge on any atom is -0.496 e. The van der Waals surface area contributed by atoms with Crippen molar-refractivity contribution in [2.75, 3.05) is 12.4 Å². The number of ether oxygens (including phenoxy) is 1. The molecule has 0 aliphatic carbocycles. The zero-order valence-corrected chi connectivity index (χ0v) is 15.9. The van der Waals surface area contributed by atoms with Gasteiger partial charge in [0.2, 0.25) is 5.95 Å². The van der Waals surface area contributed by atoms with Gasteiger partial charge in [-0.1, -0.05) is 35.5 Å². The van der Waals surface area contributed by atoms with E-state index in [1.165, 1.54) is 0 Å². The largest absolute Gasteiger partial charge is 0.496 e. The van der Waals surface area contributed by atoms with Crippen molar-refractivity contribution in [3.63, 3.8) is 0 Å². The summed E-state index contributed by atoms with van der Waals surface area (Å²) >= 11 is 0. The maximum Gasteiger partial charge on any atom is 0.227 e. The van der Waals surface area contributed by atoms with Crippen LogP contribution in [-0.4, -0.2) is 22.2 Å². The second kappa shape index (κ2) is 7.52. The van der Waals surface area contributed by atoms with Gasteiger partial charge in [-0.3, -0.25) is 0 Å². The molecule has 2 aromatic carbocycles. The van der Waals surface area contributed by atoms with Crippen molar-refractivity contribution < 1.29 is 9.26 Å². The van der Waals surface area contributed by atoms with E-state index in [9.17, 15) is 0 Å². The number of aryl methyl sites for hydroxylation is 2. The fraction of sp³-hybridized carbons (Fsp3) is 0.136. The highest BCUT2D eigenvalue weighted by atomic mass is 16.5. The zero-order chi connectivity index (χ0) is 19.5. The van der Waals surface area contributed by atoms with Crippen LogP contribution in [0.15, 0.2) is 65.3 Å². The number of nitrogens with one attached hydrogen (secondary N) is 1. The molecule has 0 atom stereocenters. The predicted molar refractivity (Wildman–Crippen MR) is 109 cm³/mol. The zero-order valence-electron chi connectivity index (χ0n) is 15.9. The normalized spacial score (nSPS) is 10.7. The third kappa shape index (κ3) is 3.44. The Labute approximate surface area is 163 Å². The highest BCUT2D eigenvalue weighted by Gasteiger charge is 2.17. The molecule has 0 aliphatic heterocycles. The Bertz CT molecular complexity index is 1090. The first-order valence-electron chi connectivity index (χ1n) is 8.92. The number of nitrogens with zero attached hydrogens (tertiary/aromatic N) is 3. The van der Waals surface area contributed by atoms with Gasteiger partial charge < -0.3 is 14.6 Å². The summed E-state index contributed by atoms with van der Waals surface area (Å²) in [6.07, 6.45) is 1.75. The first kappa shape index (κ1) is 17.7. The smallest absolute Gasteiger partial charge is 0.227 e. The molecule has 0 bridgehead atoms. The molecule has 6 nitrogen and oxygen atoms in total. The second-order valence-electron chi connectivity index (χ2n) is 6.37. The van der Waals surface area contributed by atoms with E-state index in [0.717, 1.165) is 45.3 Å². The Kier molecular flexibility index (Phi) is 4.76. The molecule has 4 rings (SSSR count). The summed E-state index contributed by atoms with van der Waals surface area (Å²) in [4.78, 5) is 8.97. The van der Waals surface area contributed by atoms with Crippen molar-refractivity contribution >= 4 is 11.6 Å². The first-order valence-corrected chi connectivity index (χ1v) is 8.92. The lowest BCUT2D eigenvalue weighted by atomic mass is 10.0. The fourth-order valence-corrected chi connectivity index (χ4v) is 3.17. The summed E-state index contributed by atoms with van der Waals surface area (Å²) in [5.41, 5.74) is 5.40. The summed E-state index contributed by atoms with van der Waals surface area (Å²) in [5.74, 6) is 2.02. The number of aromatic nitrogens is 3. The van der Waals surface area contributed by atoms with E-state index in [1.807, 2.05) is 68.4 Å². The Morgan fingerprint density at radius 1 is 1.00 bits per heavy atom. The van der Waals surface area contributed by atoms with Crippen molar-refractivity contribution in [2.45, 2.75) is 13.8 Å². The van der Waals surface area contributed by atoms with E-state index >= 15 is 0 Å². The highest BCUT2D eigenvalue weighted by molar-refractivity contribution is 5.78. The molecule has 1 N–H and O–H groups in total. The maximum absolute atomic E-state index is 5.53. The van der Waals surface area contributed by atoms with Crippen molar-refractivity contribution in [1.29, 1.82) is 0 Å². The van der Waals surface area contributed by atoms with Crippen LogP contribution in [0.5, 0.6) is 5.75 Å². The summed E-state index contributed by atoms with van der Waals surface area (Å²) in [7, 11) is 1.65. The van der Waals surface area contributed by atoms with Crippen LogP contribution in [0.1, 0.15) is 11.5 Å². The molecule has 0 unspecified atom stereocenters. The van der Waals surface area contributed by atoms with Gasteiger partial charge in [0, 0.05) is 23.0 Å².